The molecule has 1 N–H and O–H groups in total. The molecule has 1 amide bonds. The quantitative estimate of drug-likeness (QED) is 0.674. The summed E-state index contributed by atoms with van der Waals surface area (Å²) >= 11 is 5.99. The van der Waals surface area contributed by atoms with E-state index in [1.165, 1.54) is 18.6 Å². The minimum Gasteiger partial charge on any atom is -0.456 e. The van der Waals surface area contributed by atoms with Gasteiger partial charge in [-0.3, -0.25) is 9.78 Å². The zero-order valence-corrected chi connectivity index (χ0v) is 15.2. The van der Waals surface area contributed by atoms with Crippen LogP contribution in [0.3, 0.4) is 0 Å². The zero-order chi connectivity index (χ0) is 19.2. The Morgan fingerprint density at radius 1 is 1.11 bits per heavy atom. The van der Waals surface area contributed by atoms with Crippen molar-refractivity contribution in [3.8, 4) is 0 Å². The second kappa shape index (κ2) is 8.42. The molecule has 6 nitrogen and oxygen atoms in total. The fraction of sp³-hybridized carbons (Fsp3) is 0.100. The molecule has 0 fully saturated rings. The van der Waals surface area contributed by atoms with Crippen LogP contribution in [0.5, 0.6) is 0 Å². The van der Waals surface area contributed by atoms with Crippen LogP contribution >= 0.6 is 11.6 Å². The topological polar surface area (TPSA) is 81.2 Å². The van der Waals surface area contributed by atoms with Gasteiger partial charge in [0.25, 0.3) is 5.91 Å². The van der Waals surface area contributed by atoms with Crippen LogP contribution in [0.25, 0.3) is 0 Å². The Morgan fingerprint density at radius 3 is 2.56 bits per heavy atom. The molecule has 0 saturated carbocycles. The Balaban J connectivity index is 1.58. The lowest BCUT2D eigenvalue weighted by atomic mass is 10.1. The van der Waals surface area contributed by atoms with Crippen LogP contribution < -0.4 is 5.32 Å². The summed E-state index contributed by atoms with van der Waals surface area (Å²) in [6.45, 7) is 1.95. The molecule has 1 heterocycles. The maximum absolute atomic E-state index is 12.3. The molecule has 2 aromatic carbocycles. The minimum absolute atomic E-state index is 0.0771. The van der Waals surface area contributed by atoms with Crippen LogP contribution in [0, 0.1) is 6.92 Å². The number of aromatic nitrogens is 2. The number of nitrogens with zero attached hydrogens (tertiary/aromatic N) is 2. The van der Waals surface area contributed by atoms with Crippen LogP contribution in [0.1, 0.15) is 32.0 Å². The lowest BCUT2D eigenvalue weighted by molar-refractivity contribution is 0.0465. The van der Waals surface area contributed by atoms with E-state index < -0.39 is 5.97 Å². The van der Waals surface area contributed by atoms with Gasteiger partial charge in [0.2, 0.25) is 0 Å². The molecule has 0 spiro atoms. The fourth-order valence-corrected chi connectivity index (χ4v) is 2.42. The van der Waals surface area contributed by atoms with E-state index >= 15 is 0 Å². The van der Waals surface area contributed by atoms with Gasteiger partial charge in [0, 0.05) is 28.7 Å². The van der Waals surface area contributed by atoms with Crippen molar-refractivity contribution in [2.24, 2.45) is 0 Å². The lowest BCUT2D eigenvalue weighted by Crippen LogP contribution is -2.12. The molecule has 3 rings (SSSR count). The number of rotatable bonds is 5. The predicted octanol–water partition coefficient (Wildman–Crippen LogP) is 4.05. The average Bonchev–Trinajstić information content (AvgIpc) is 2.70. The molecule has 3 aromatic rings. The second-order valence-corrected chi connectivity index (χ2v) is 6.19. The van der Waals surface area contributed by atoms with Crippen LogP contribution in [-0.4, -0.2) is 21.8 Å². The Labute approximate surface area is 161 Å². The number of ether oxygens (including phenoxy) is 1. The normalized spacial score (nSPS) is 10.3. The minimum atomic E-state index is -0.553. The van der Waals surface area contributed by atoms with Crippen molar-refractivity contribution >= 4 is 29.2 Å². The van der Waals surface area contributed by atoms with Crippen molar-refractivity contribution in [2.45, 2.75) is 13.5 Å². The van der Waals surface area contributed by atoms with Crippen molar-refractivity contribution < 1.29 is 14.3 Å². The molecule has 0 aliphatic rings. The smallest absolute Gasteiger partial charge is 0.358 e. The van der Waals surface area contributed by atoms with E-state index in [4.69, 9.17) is 16.3 Å². The number of aryl methyl sites for hydroxylation is 1. The van der Waals surface area contributed by atoms with E-state index in [1.807, 2.05) is 6.92 Å². The number of hydrogen-bond donors (Lipinski definition) is 1. The van der Waals surface area contributed by atoms with Crippen molar-refractivity contribution in [2.75, 3.05) is 5.32 Å². The molecule has 136 valence electrons. The number of nitrogens with one attached hydrogen (secondary N) is 1. The monoisotopic (exact) mass is 381 g/mol. The van der Waals surface area contributed by atoms with Gasteiger partial charge in [-0.05, 0) is 48.4 Å². The highest BCUT2D eigenvalue weighted by molar-refractivity contribution is 6.31. The number of halogens is 1. The van der Waals surface area contributed by atoms with E-state index in [0.29, 0.717) is 16.3 Å². The van der Waals surface area contributed by atoms with Crippen LogP contribution in [0.4, 0.5) is 5.69 Å². The van der Waals surface area contributed by atoms with E-state index in [9.17, 15) is 9.59 Å². The molecule has 0 aliphatic heterocycles. The summed E-state index contributed by atoms with van der Waals surface area (Å²) < 4.78 is 5.18. The van der Waals surface area contributed by atoms with Gasteiger partial charge in [0.1, 0.15) is 6.61 Å². The molecule has 0 aliphatic carbocycles. The number of amides is 1. The summed E-state index contributed by atoms with van der Waals surface area (Å²) in [5, 5.41) is 3.47. The number of benzene rings is 2. The number of carbonyl (C=O) groups excluding carboxylic acids is 2. The van der Waals surface area contributed by atoms with Gasteiger partial charge < -0.3 is 10.1 Å². The van der Waals surface area contributed by atoms with Gasteiger partial charge in [0.05, 0.1) is 6.20 Å². The Hall–Kier alpha value is -3.25. The molecule has 1 aromatic heterocycles. The van der Waals surface area contributed by atoms with E-state index in [0.717, 1.165) is 11.1 Å². The van der Waals surface area contributed by atoms with Crippen molar-refractivity contribution in [3.05, 3.63) is 88.5 Å². The summed E-state index contributed by atoms with van der Waals surface area (Å²) in [6.07, 6.45) is 4.24. The molecule has 0 atom stereocenters. The molecular formula is C20H16ClN3O3. The van der Waals surface area contributed by atoms with E-state index in [2.05, 4.69) is 15.3 Å². The number of hydrogen-bond acceptors (Lipinski definition) is 5. The van der Waals surface area contributed by atoms with Gasteiger partial charge in [-0.1, -0.05) is 23.7 Å². The first-order valence-electron chi connectivity index (χ1n) is 8.12. The van der Waals surface area contributed by atoms with Gasteiger partial charge >= 0.3 is 5.97 Å². The molecule has 0 bridgehead atoms. The summed E-state index contributed by atoms with van der Waals surface area (Å²) in [4.78, 5) is 31.9. The van der Waals surface area contributed by atoms with Gasteiger partial charge in [-0.15, -0.1) is 0 Å². The van der Waals surface area contributed by atoms with Crippen LogP contribution in [0.15, 0.2) is 61.1 Å². The van der Waals surface area contributed by atoms with Crippen molar-refractivity contribution in [3.63, 3.8) is 0 Å². The van der Waals surface area contributed by atoms with E-state index in [-0.39, 0.29) is 18.2 Å². The first-order valence-corrected chi connectivity index (χ1v) is 8.50. The summed E-state index contributed by atoms with van der Waals surface area (Å²) in [5.41, 5.74) is 2.95. The third-order valence-corrected chi connectivity index (χ3v) is 4.20. The largest absolute Gasteiger partial charge is 0.456 e. The summed E-state index contributed by atoms with van der Waals surface area (Å²) in [5.74, 6) is -0.789. The third-order valence-electron chi connectivity index (χ3n) is 3.77. The Bertz CT molecular complexity index is 960. The second-order valence-electron chi connectivity index (χ2n) is 5.78. The number of esters is 1. The highest BCUT2D eigenvalue weighted by Gasteiger charge is 2.10. The first-order chi connectivity index (χ1) is 13.0. The molecule has 0 radical (unpaired) electrons. The van der Waals surface area contributed by atoms with Crippen LogP contribution in [0.2, 0.25) is 5.02 Å². The Morgan fingerprint density at radius 2 is 1.89 bits per heavy atom. The van der Waals surface area contributed by atoms with E-state index in [1.54, 1.807) is 42.5 Å². The zero-order valence-electron chi connectivity index (χ0n) is 14.5. The lowest BCUT2D eigenvalue weighted by Gasteiger charge is -2.08. The number of anilines is 1. The highest BCUT2D eigenvalue weighted by atomic mass is 35.5. The number of carbonyl (C=O) groups is 2. The van der Waals surface area contributed by atoms with Gasteiger partial charge in [0.15, 0.2) is 5.69 Å². The van der Waals surface area contributed by atoms with Crippen molar-refractivity contribution in [1.82, 2.24) is 9.97 Å². The fourth-order valence-electron chi connectivity index (χ4n) is 2.31. The first kappa shape index (κ1) is 18.5. The molecular weight excluding hydrogens is 366 g/mol. The molecule has 7 heteroatoms. The van der Waals surface area contributed by atoms with Crippen molar-refractivity contribution in [1.29, 1.82) is 0 Å². The predicted molar refractivity (Wildman–Crippen MR) is 102 cm³/mol. The Kier molecular flexibility index (Phi) is 5.78. The average molecular weight is 382 g/mol. The molecule has 27 heavy (non-hydrogen) atoms. The molecule has 0 saturated heterocycles. The maximum Gasteiger partial charge on any atom is 0.358 e. The van der Waals surface area contributed by atoms with Gasteiger partial charge in [-0.2, -0.15) is 0 Å². The maximum atomic E-state index is 12.3. The highest BCUT2D eigenvalue weighted by Crippen LogP contribution is 2.20. The van der Waals surface area contributed by atoms with Gasteiger partial charge in [-0.25, -0.2) is 9.78 Å². The van der Waals surface area contributed by atoms with Crippen LogP contribution in [-0.2, 0) is 11.3 Å². The molecule has 0 unspecified atom stereocenters. The summed E-state index contributed by atoms with van der Waals surface area (Å²) in [6, 6.07) is 12.1. The summed E-state index contributed by atoms with van der Waals surface area (Å²) in [7, 11) is 0. The standard InChI is InChI=1S/C20H16ClN3O3/c1-13-10-16(6-7-17(13)21)24-19(25)15-4-2-14(3-5-15)12-27-20(26)18-11-22-8-9-23-18/h2-11H,12H2,1H3,(H,24,25). The SMILES string of the molecule is Cc1cc(NC(=O)c2ccc(COC(=O)c3cnccn3)cc2)ccc1Cl. The third kappa shape index (κ3) is 4.89.